The molecule has 3 rings (SSSR count). The molecule has 0 unspecified atom stereocenters. The second-order valence-electron chi connectivity index (χ2n) is 5.71. The topological polar surface area (TPSA) is 139 Å². The van der Waals surface area contributed by atoms with Crippen molar-refractivity contribution in [2.75, 3.05) is 11.9 Å². The Hall–Kier alpha value is -3.53. The SMILES string of the molecule is CCOC(=O)c1sc2ncnc(Nc3cc(C(=O)O)cc(C(=O)O)c3)c2c1C. The molecule has 10 heteroatoms. The van der Waals surface area contributed by atoms with E-state index in [0.717, 1.165) is 17.4 Å². The summed E-state index contributed by atoms with van der Waals surface area (Å²) in [6, 6.07) is 3.67. The fraction of sp³-hybridized carbons (Fsp3) is 0.167. The summed E-state index contributed by atoms with van der Waals surface area (Å²) in [5.41, 5.74) is 0.499. The van der Waals surface area contributed by atoms with E-state index >= 15 is 0 Å². The van der Waals surface area contributed by atoms with Gasteiger partial charge in [-0.1, -0.05) is 0 Å². The summed E-state index contributed by atoms with van der Waals surface area (Å²) in [6.07, 6.45) is 1.30. The van der Waals surface area contributed by atoms with Crippen LogP contribution in [0.25, 0.3) is 10.2 Å². The van der Waals surface area contributed by atoms with Gasteiger partial charge in [0.25, 0.3) is 0 Å². The van der Waals surface area contributed by atoms with Gasteiger partial charge in [0, 0.05) is 5.69 Å². The lowest BCUT2D eigenvalue weighted by molar-refractivity contribution is 0.0530. The quantitative estimate of drug-likeness (QED) is 0.531. The van der Waals surface area contributed by atoms with Gasteiger partial charge < -0.3 is 20.3 Å². The fourth-order valence-corrected chi connectivity index (χ4v) is 3.68. The number of carbonyl (C=O) groups excluding carboxylic acids is 1. The largest absolute Gasteiger partial charge is 0.478 e. The van der Waals surface area contributed by atoms with E-state index in [9.17, 15) is 24.6 Å². The predicted octanol–water partition coefficient (Wildman–Crippen LogP) is 3.32. The van der Waals surface area contributed by atoms with Crippen molar-refractivity contribution in [1.82, 2.24) is 9.97 Å². The number of fused-ring (bicyclic) bond motifs is 1. The number of carboxylic acids is 2. The van der Waals surface area contributed by atoms with Crippen LogP contribution in [0.5, 0.6) is 0 Å². The zero-order valence-corrected chi connectivity index (χ0v) is 15.7. The standard InChI is InChI=1S/C18H15N3O6S/c1-3-27-18(26)13-8(2)12-14(19-7-20-15(12)28-13)21-11-5-9(16(22)23)4-10(6-11)17(24)25/h4-7H,3H2,1-2H3,(H,22,23)(H,24,25)(H,19,20,21). The van der Waals surface area contributed by atoms with Gasteiger partial charge in [-0.2, -0.15) is 0 Å². The first-order valence-electron chi connectivity index (χ1n) is 8.11. The van der Waals surface area contributed by atoms with Gasteiger partial charge >= 0.3 is 17.9 Å². The molecule has 0 aliphatic heterocycles. The third kappa shape index (κ3) is 3.62. The number of aromatic carboxylic acids is 2. The second kappa shape index (κ2) is 7.61. The number of nitrogens with one attached hydrogen (secondary N) is 1. The maximum atomic E-state index is 12.1. The van der Waals surface area contributed by atoms with Gasteiger partial charge in [-0.3, -0.25) is 0 Å². The number of thiophene rings is 1. The van der Waals surface area contributed by atoms with Crippen molar-refractivity contribution in [3.05, 3.63) is 46.1 Å². The molecular weight excluding hydrogens is 386 g/mol. The van der Waals surface area contributed by atoms with Gasteiger partial charge in [0.2, 0.25) is 0 Å². The molecule has 2 heterocycles. The van der Waals surface area contributed by atoms with Crippen LogP contribution >= 0.6 is 11.3 Å². The zero-order valence-electron chi connectivity index (χ0n) is 14.8. The highest BCUT2D eigenvalue weighted by molar-refractivity contribution is 7.20. The highest BCUT2D eigenvalue weighted by Crippen LogP contribution is 2.35. The Bertz CT molecular complexity index is 1080. The number of carbonyl (C=O) groups is 3. The molecule has 9 nitrogen and oxygen atoms in total. The minimum absolute atomic E-state index is 0.179. The molecule has 2 aromatic heterocycles. The minimum Gasteiger partial charge on any atom is -0.478 e. The highest BCUT2D eigenvalue weighted by atomic mass is 32.1. The van der Waals surface area contributed by atoms with Crippen LogP contribution in [0.4, 0.5) is 11.5 Å². The first-order chi connectivity index (χ1) is 13.3. The Morgan fingerprint density at radius 1 is 1.11 bits per heavy atom. The van der Waals surface area contributed by atoms with Crippen molar-refractivity contribution in [2.24, 2.45) is 0 Å². The Morgan fingerprint density at radius 2 is 1.75 bits per heavy atom. The molecule has 0 amide bonds. The molecule has 0 spiro atoms. The maximum absolute atomic E-state index is 12.1. The molecule has 0 aliphatic carbocycles. The lowest BCUT2D eigenvalue weighted by atomic mass is 10.1. The Kier molecular flexibility index (Phi) is 5.23. The summed E-state index contributed by atoms with van der Waals surface area (Å²) in [6.45, 7) is 3.68. The number of hydrogen-bond acceptors (Lipinski definition) is 8. The van der Waals surface area contributed by atoms with Crippen LogP contribution in [0.3, 0.4) is 0 Å². The monoisotopic (exact) mass is 401 g/mol. The molecule has 0 radical (unpaired) electrons. The van der Waals surface area contributed by atoms with E-state index in [-0.39, 0.29) is 23.4 Å². The predicted molar refractivity (Wildman–Crippen MR) is 102 cm³/mol. The molecule has 0 aliphatic rings. The van der Waals surface area contributed by atoms with E-state index in [0.29, 0.717) is 26.5 Å². The first-order valence-corrected chi connectivity index (χ1v) is 8.93. The fourth-order valence-electron chi connectivity index (χ4n) is 2.64. The zero-order chi connectivity index (χ0) is 20.4. The smallest absolute Gasteiger partial charge is 0.348 e. The van der Waals surface area contributed by atoms with Gasteiger partial charge in [-0.25, -0.2) is 24.4 Å². The van der Waals surface area contributed by atoms with E-state index in [1.165, 1.54) is 18.5 Å². The highest BCUT2D eigenvalue weighted by Gasteiger charge is 2.21. The summed E-state index contributed by atoms with van der Waals surface area (Å²) in [5, 5.41) is 21.9. The average molecular weight is 401 g/mol. The van der Waals surface area contributed by atoms with Crippen LogP contribution in [0.1, 0.15) is 42.9 Å². The number of ether oxygens (including phenoxy) is 1. The normalized spacial score (nSPS) is 10.6. The molecule has 28 heavy (non-hydrogen) atoms. The molecule has 3 aromatic rings. The molecule has 144 valence electrons. The van der Waals surface area contributed by atoms with Crippen molar-refractivity contribution in [1.29, 1.82) is 0 Å². The molecule has 0 bridgehead atoms. The first kappa shape index (κ1) is 19.2. The summed E-state index contributed by atoms with van der Waals surface area (Å²) in [5.74, 6) is -2.64. The van der Waals surface area contributed by atoms with Gasteiger partial charge in [-0.15, -0.1) is 11.3 Å². The Morgan fingerprint density at radius 3 is 2.32 bits per heavy atom. The van der Waals surface area contributed by atoms with Crippen LogP contribution in [0, 0.1) is 6.92 Å². The van der Waals surface area contributed by atoms with Crippen LogP contribution in [0.15, 0.2) is 24.5 Å². The number of aromatic nitrogens is 2. The van der Waals surface area contributed by atoms with Crippen LogP contribution in [-0.4, -0.2) is 44.7 Å². The van der Waals surface area contributed by atoms with Gasteiger partial charge in [0.15, 0.2) is 0 Å². The van der Waals surface area contributed by atoms with Gasteiger partial charge in [0.1, 0.15) is 21.9 Å². The van der Waals surface area contributed by atoms with E-state index in [4.69, 9.17) is 4.74 Å². The summed E-state index contributed by atoms with van der Waals surface area (Å²) >= 11 is 1.16. The Labute approximate surface area is 162 Å². The minimum atomic E-state index is -1.25. The lowest BCUT2D eigenvalue weighted by Crippen LogP contribution is -2.05. The molecule has 1 aromatic carbocycles. The van der Waals surface area contributed by atoms with Crippen LogP contribution in [0.2, 0.25) is 0 Å². The van der Waals surface area contributed by atoms with E-state index in [1.807, 2.05) is 0 Å². The third-order valence-electron chi connectivity index (χ3n) is 3.88. The third-order valence-corrected chi connectivity index (χ3v) is 5.06. The number of hydrogen-bond donors (Lipinski definition) is 3. The van der Waals surface area contributed by atoms with Crippen LogP contribution in [-0.2, 0) is 4.74 Å². The number of rotatable bonds is 6. The van der Waals surface area contributed by atoms with Crippen molar-refractivity contribution in [3.63, 3.8) is 0 Å². The van der Waals surface area contributed by atoms with Crippen LogP contribution < -0.4 is 5.32 Å². The number of nitrogens with zero attached hydrogens (tertiary/aromatic N) is 2. The Balaban J connectivity index is 2.09. The van der Waals surface area contributed by atoms with Gasteiger partial charge in [-0.05, 0) is 37.6 Å². The molecular formula is C18H15N3O6S. The van der Waals surface area contributed by atoms with Crippen molar-refractivity contribution in [2.45, 2.75) is 13.8 Å². The lowest BCUT2D eigenvalue weighted by Gasteiger charge is -2.09. The van der Waals surface area contributed by atoms with E-state index in [1.54, 1.807) is 13.8 Å². The summed E-state index contributed by atoms with van der Waals surface area (Å²) in [4.78, 5) is 44.0. The number of esters is 1. The molecule has 0 saturated heterocycles. The number of benzene rings is 1. The van der Waals surface area contributed by atoms with Crippen molar-refractivity contribution >= 4 is 51.0 Å². The van der Waals surface area contributed by atoms with E-state index in [2.05, 4.69) is 15.3 Å². The second-order valence-corrected chi connectivity index (χ2v) is 6.71. The molecule has 3 N–H and O–H groups in total. The van der Waals surface area contributed by atoms with Gasteiger partial charge in [0.05, 0.1) is 23.1 Å². The van der Waals surface area contributed by atoms with Crippen molar-refractivity contribution in [3.8, 4) is 0 Å². The summed E-state index contributed by atoms with van der Waals surface area (Å²) in [7, 11) is 0. The summed E-state index contributed by atoms with van der Waals surface area (Å²) < 4.78 is 5.05. The van der Waals surface area contributed by atoms with E-state index < -0.39 is 17.9 Å². The van der Waals surface area contributed by atoms with Crippen molar-refractivity contribution < 1.29 is 29.3 Å². The molecule has 0 atom stereocenters. The maximum Gasteiger partial charge on any atom is 0.348 e. The number of carboxylic acid groups (broad SMARTS) is 2. The number of aryl methyl sites for hydroxylation is 1. The average Bonchev–Trinajstić information content (AvgIpc) is 2.99. The number of anilines is 2. The molecule has 0 saturated carbocycles. The molecule has 0 fully saturated rings.